The van der Waals surface area contributed by atoms with Crippen LogP contribution in [0.15, 0.2) is 11.9 Å². The number of nitrogens with zero attached hydrogens (tertiary/aromatic N) is 3. The van der Waals surface area contributed by atoms with E-state index < -0.39 is 0 Å². The molecule has 0 radical (unpaired) electrons. The van der Waals surface area contributed by atoms with Gasteiger partial charge in [0.05, 0.1) is 0 Å². The van der Waals surface area contributed by atoms with Crippen molar-refractivity contribution >= 4 is 0 Å². The van der Waals surface area contributed by atoms with Crippen LogP contribution in [0.25, 0.3) is 0 Å². The van der Waals surface area contributed by atoms with E-state index in [2.05, 4.69) is 41.9 Å². The predicted molar refractivity (Wildman–Crippen MR) is 54.4 cm³/mol. The van der Waals surface area contributed by atoms with Gasteiger partial charge in [0, 0.05) is 44.1 Å². The highest BCUT2D eigenvalue weighted by molar-refractivity contribution is 5.12. The summed E-state index contributed by atoms with van der Waals surface area (Å²) < 4.78 is 0. The summed E-state index contributed by atoms with van der Waals surface area (Å²) in [4.78, 5) is 7.22. The second kappa shape index (κ2) is 3.22. The molecule has 3 nitrogen and oxygen atoms in total. The van der Waals surface area contributed by atoms with Gasteiger partial charge in [-0.1, -0.05) is 0 Å². The first kappa shape index (κ1) is 8.88. The van der Waals surface area contributed by atoms with Crippen LogP contribution in [0, 0.1) is 0 Å². The van der Waals surface area contributed by atoms with Crippen LogP contribution in [0.1, 0.15) is 6.92 Å². The highest BCUT2D eigenvalue weighted by Crippen LogP contribution is 2.22. The van der Waals surface area contributed by atoms with E-state index >= 15 is 0 Å². The first-order valence-corrected chi connectivity index (χ1v) is 5.03. The van der Waals surface area contributed by atoms with Crippen molar-refractivity contribution in [3.05, 3.63) is 11.9 Å². The number of fused-ring (bicyclic) bond motifs is 2. The fourth-order valence-electron chi connectivity index (χ4n) is 2.16. The zero-order valence-corrected chi connectivity index (χ0v) is 8.82. The Balaban J connectivity index is 2.09. The zero-order valence-electron chi connectivity index (χ0n) is 8.82. The van der Waals surface area contributed by atoms with Crippen LogP contribution in [-0.4, -0.2) is 61.0 Å². The van der Waals surface area contributed by atoms with Crippen LogP contribution in [0.5, 0.6) is 0 Å². The predicted octanol–water partition coefficient (Wildman–Crippen LogP) is 0.409. The summed E-state index contributed by atoms with van der Waals surface area (Å²) in [5.74, 6) is 0. The molecule has 1 fully saturated rings. The van der Waals surface area contributed by atoms with Crippen LogP contribution >= 0.6 is 0 Å². The molecule has 3 heterocycles. The molecule has 0 aromatic heterocycles. The quantitative estimate of drug-likeness (QED) is 0.611. The second-order valence-corrected chi connectivity index (χ2v) is 4.39. The van der Waals surface area contributed by atoms with Gasteiger partial charge in [-0.05, 0) is 21.0 Å². The summed E-state index contributed by atoms with van der Waals surface area (Å²) in [5, 5.41) is 0. The lowest BCUT2D eigenvalue weighted by Gasteiger charge is -2.47. The van der Waals surface area contributed by atoms with E-state index in [1.165, 1.54) is 25.3 Å². The van der Waals surface area contributed by atoms with Gasteiger partial charge < -0.3 is 14.7 Å². The van der Waals surface area contributed by atoms with Crippen LogP contribution < -0.4 is 0 Å². The minimum atomic E-state index is 0.708. The molecule has 13 heavy (non-hydrogen) atoms. The Labute approximate surface area is 80.6 Å². The average Bonchev–Trinajstić information content (AvgIpc) is 2.05. The molecular weight excluding hydrogens is 162 g/mol. The van der Waals surface area contributed by atoms with E-state index in [0.29, 0.717) is 6.04 Å². The third-order valence-corrected chi connectivity index (χ3v) is 2.88. The van der Waals surface area contributed by atoms with E-state index in [0.717, 1.165) is 6.54 Å². The van der Waals surface area contributed by atoms with Crippen LogP contribution in [0.4, 0.5) is 0 Å². The van der Waals surface area contributed by atoms with E-state index in [9.17, 15) is 0 Å². The van der Waals surface area contributed by atoms with E-state index in [1.54, 1.807) is 0 Å². The smallest absolute Gasteiger partial charge is 0.0438 e. The molecule has 0 aromatic rings. The van der Waals surface area contributed by atoms with Gasteiger partial charge in [-0.3, -0.25) is 0 Å². The monoisotopic (exact) mass is 181 g/mol. The summed E-state index contributed by atoms with van der Waals surface area (Å²) in [5.41, 5.74) is 1.48. The first-order valence-electron chi connectivity index (χ1n) is 5.03. The molecule has 3 aliphatic rings. The van der Waals surface area contributed by atoms with Crippen molar-refractivity contribution in [3.63, 3.8) is 0 Å². The lowest BCUT2D eigenvalue weighted by Crippen LogP contribution is -2.54. The normalized spacial score (nSPS) is 27.1. The fourth-order valence-corrected chi connectivity index (χ4v) is 2.16. The van der Waals surface area contributed by atoms with Crippen LogP contribution in [0.3, 0.4) is 0 Å². The number of piperazine rings is 1. The lowest BCUT2D eigenvalue weighted by atomic mass is 10.1. The van der Waals surface area contributed by atoms with E-state index in [-0.39, 0.29) is 0 Å². The Morgan fingerprint density at radius 2 is 2.23 bits per heavy atom. The first-order chi connectivity index (χ1) is 6.16. The number of hydrogen-bond acceptors (Lipinski definition) is 3. The second-order valence-electron chi connectivity index (χ2n) is 4.39. The van der Waals surface area contributed by atoms with E-state index in [4.69, 9.17) is 0 Å². The maximum atomic E-state index is 2.52. The zero-order chi connectivity index (χ0) is 9.42. The molecule has 1 atom stereocenters. The Kier molecular flexibility index (Phi) is 2.20. The molecule has 0 N–H and O–H groups in total. The van der Waals surface area contributed by atoms with Crippen molar-refractivity contribution in [2.45, 2.75) is 13.0 Å². The third-order valence-electron chi connectivity index (χ3n) is 2.88. The molecule has 2 bridgehead atoms. The van der Waals surface area contributed by atoms with Gasteiger partial charge in [-0.2, -0.15) is 0 Å². The summed E-state index contributed by atoms with van der Waals surface area (Å²) in [7, 11) is 4.26. The van der Waals surface area contributed by atoms with Crippen molar-refractivity contribution in [2.24, 2.45) is 0 Å². The molecule has 1 saturated heterocycles. The summed E-state index contributed by atoms with van der Waals surface area (Å²) in [6.07, 6.45) is 2.33. The van der Waals surface area contributed by atoms with Gasteiger partial charge in [0.1, 0.15) is 0 Å². The molecule has 3 rings (SSSR count). The molecule has 74 valence electrons. The summed E-state index contributed by atoms with van der Waals surface area (Å²) in [6, 6.07) is 0.708. The number of likely N-dealkylation sites (N-methyl/N-ethyl adjacent to an activating group) is 1. The van der Waals surface area contributed by atoms with Crippen molar-refractivity contribution in [1.82, 2.24) is 14.7 Å². The van der Waals surface area contributed by atoms with Crippen molar-refractivity contribution < 1.29 is 0 Å². The SMILES string of the molecule is CC1CN2CCN1C=C2CN(C)C. The van der Waals surface area contributed by atoms with Crippen LogP contribution in [-0.2, 0) is 0 Å². The molecule has 0 aromatic carbocycles. The minimum absolute atomic E-state index is 0.708. The van der Waals surface area contributed by atoms with Gasteiger partial charge >= 0.3 is 0 Å². The van der Waals surface area contributed by atoms with Crippen molar-refractivity contribution in [1.29, 1.82) is 0 Å². The molecule has 1 unspecified atom stereocenters. The molecule has 3 heteroatoms. The average molecular weight is 181 g/mol. The molecule has 0 aliphatic carbocycles. The number of hydrogen-bond donors (Lipinski definition) is 0. The molecular formula is C10H19N3. The summed E-state index contributed by atoms with van der Waals surface area (Å²) >= 11 is 0. The Morgan fingerprint density at radius 1 is 1.46 bits per heavy atom. The Morgan fingerprint density at radius 3 is 2.69 bits per heavy atom. The molecule has 0 spiro atoms. The van der Waals surface area contributed by atoms with Crippen LogP contribution in [0.2, 0.25) is 0 Å². The van der Waals surface area contributed by atoms with Crippen molar-refractivity contribution in [3.8, 4) is 0 Å². The van der Waals surface area contributed by atoms with Gasteiger partial charge in [-0.25, -0.2) is 0 Å². The standard InChI is InChI=1S/C10H19N3/c1-9-6-13-5-4-12(9)8-10(13)7-11(2)3/h8-9H,4-7H2,1-3H3. The topological polar surface area (TPSA) is 9.72 Å². The van der Waals surface area contributed by atoms with Crippen molar-refractivity contribution in [2.75, 3.05) is 40.3 Å². The van der Waals surface area contributed by atoms with E-state index in [1.807, 2.05) is 0 Å². The lowest BCUT2D eigenvalue weighted by molar-refractivity contribution is 0.105. The van der Waals surface area contributed by atoms with Gasteiger partial charge in [0.25, 0.3) is 0 Å². The maximum Gasteiger partial charge on any atom is 0.0438 e. The summed E-state index contributed by atoms with van der Waals surface area (Å²) in [6.45, 7) is 7.00. The number of rotatable bonds is 2. The molecule has 0 saturated carbocycles. The minimum Gasteiger partial charge on any atom is -0.370 e. The fraction of sp³-hybridized carbons (Fsp3) is 0.800. The van der Waals surface area contributed by atoms with Gasteiger partial charge in [-0.15, -0.1) is 0 Å². The van der Waals surface area contributed by atoms with Gasteiger partial charge in [0.2, 0.25) is 0 Å². The molecule has 0 amide bonds. The highest BCUT2D eigenvalue weighted by atomic mass is 15.3. The highest BCUT2D eigenvalue weighted by Gasteiger charge is 2.28. The van der Waals surface area contributed by atoms with Gasteiger partial charge in [0.15, 0.2) is 0 Å². The largest absolute Gasteiger partial charge is 0.370 e. The maximum absolute atomic E-state index is 2.52. The third kappa shape index (κ3) is 1.66. The Hall–Kier alpha value is -0.700. The Bertz CT molecular complexity index is 222. The molecule has 3 aliphatic heterocycles.